The van der Waals surface area contributed by atoms with Crippen LogP contribution in [0, 0.1) is 19.8 Å². The van der Waals surface area contributed by atoms with E-state index in [1.165, 1.54) is 16.0 Å². The summed E-state index contributed by atoms with van der Waals surface area (Å²) in [4.78, 5) is 28.6. The molecule has 11 nitrogen and oxygen atoms in total. The Morgan fingerprint density at radius 2 is 1.90 bits per heavy atom. The van der Waals surface area contributed by atoms with Gasteiger partial charge in [-0.25, -0.2) is 8.42 Å². The van der Waals surface area contributed by atoms with Crippen LogP contribution >= 0.6 is 0 Å². The number of anilines is 1. The van der Waals surface area contributed by atoms with Gasteiger partial charge in [0.1, 0.15) is 11.8 Å². The molecule has 2 N–H and O–H groups in total. The number of hydrogen-bond donors (Lipinski definition) is 2. The average molecular weight is 584 g/mol. The van der Waals surface area contributed by atoms with E-state index in [9.17, 15) is 23.1 Å². The number of benzene rings is 2. The van der Waals surface area contributed by atoms with Crippen molar-refractivity contribution < 1.29 is 27.9 Å². The summed E-state index contributed by atoms with van der Waals surface area (Å²) >= 11 is 0. The summed E-state index contributed by atoms with van der Waals surface area (Å²) in [6.45, 7) is 7.23. The molecular weight excluding hydrogens is 546 g/mol. The molecule has 0 fully saturated rings. The second-order valence-corrected chi connectivity index (χ2v) is 12.7. The molecule has 1 aromatic heterocycles. The van der Waals surface area contributed by atoms with Crippen molar-refractivity contribution in [3.8, 4) is 5.75 Å². The highest BCUT2D eigenvalue weighted by molar-refractivity contribution is 7.89. The Morgan fingerprint density at radius 1 is 1.22 bits per heavy atom. The van der Waals surface area contributed by atoms with Crippen LogP contribution in [-0.4, -0.2) is 83.2 Å². The normalized spacial score (nSPS) is 18.3. The van der Waals surface area contributed by atoms with Crippen molar-refractivity contribution in [1.82, 2.24) is 19.0 Å². The minimum atomic E-state index is -3.84. The van der Waals surface area contributed by atoms with Crippen LogP contribution in [0.4, 0.5) is 5.69 Å². The Morgan fingerprint density at radius 3 is 2.51 bits per heavy atom. The Balaban J connectivity index is 1.73. The van der Waals surface area contributed by atoms with Gasteiger partial charge < -0.3 is 20.1 Å². The van der Waals surface area contributed by atoms with Crippen LogP contribution in [0.3, 0.4) is 0 Å². The Hall–Kier alpha value is -3.74. The van der Waals surface area contributed by atoms with E-state index in [2.05, 4.69) is 10.4 Å². The quantitative estimate of drug-likeness (QED) is 0.417. The SMILES string of the molecule is Cc1ccc(S(=O)(=O)N(C)C[C@@H]2Oc3c(NC(=O)c4cc(C)nn4C)cccc3C(=O)N([C@@H](C)CO)C[C@H]2C)cc1. The Labute approximate surface area is 240 Å². The fourth-order valence-electron chi connectivity index (χ4n) is 4.81. The second-order valence-electron chi connectivity index (χ2n) is 10.7. The van der Waals surface area contributed by atoms with E-state index >= 15 is 0 Å². The van der Waals surface area contributed by atoms with E-state index in [1.807, 2.05) is 13.8 Å². The molecule has 2 amide bonds. The van der Waals surface area contributed by atoms with Crippen molar-refractivity contribution in [2.45, 2.75) is 44.7 Å². The third-order valence-electron chi connectivity index (χ3n) is 7.34. The molecule has 3 atom stereocenters. The lowest BCUT2D eigenvalue weighted by atomic mass is 9.99. The first kappa shape index (κ1) is 30.2. The number of likely N-dealkylation sites (N-methyl/N-ethyl adjacent to an activating group) is 1. The third-order valence-corrected chi connectivity index (χ3v) is 9.18. The molecule has 0 saturated carbocycles. The number of ether oxygens (including phenoxy) is 1. The lowest BCUT2D eigenvalue weighted by molar-refractivity contribution is 0.0388. The van der Waals surface area contributed by atoms with Crippen LogP contribution in [0.5, 0.6) is 5.75 Å². The smallest absolute Gasteiger partial charge is 0.274 e. The van der Waals surface area contributed by atoms with Crippen LogP contribution in [0.15, 0.2) is 53.4 Å². The number of nitrogens with one attached hydrogen (secondary N) is 1. The van der Waals surface area contributed by atoms with E-state index in [0.29, 0.717) is 11.4 Å². The highest BCUT2D eigenvalue weighted by Gasteiger charge is 2.36. The minimum Gasteiger partial charge on any atom is -0.486 e. The number of hydrogen-bond acceptors (Lipinski definition) is 7. The number of nitrogens with zero attached hydrogens (tertiary/aromatic N) is 4. The van der Waals surface area contributed by atoms with Crippen molar-refractivity contribution in [2.24, 2.45) is 13.0 Å². The van der Waals surface area contributed by atoms with Crippen LogP contribution in [0.25, 0.3) is 0 Å². The van der Waals surface area contributed by atoms with Gasteiger partial charge in [0, 0.05) is 26.6 Å². The predicted molar refractivity (Wildman–Crippen MR) is 154 cm³/mol. The molecule has 0 aliphatic carbocycles. The topological polar surface area (TPSA) is 134 Å². The summed E-state index contributed by atoms with van der Waals surface area (Å²) in [6.07, 6.45) is -0.697. The number of sulfonamides is 1. The molecule has 0 unspecified atom stereocenters. The summed E-state index contributed by atoms with van der Waals surface area (Å²) in [5, 5.41) is 17.0. The van der Waals surface area contributed by atoms with E-state index < -0.39 is 28.1 Å². The maximum absolute atomic E-state index is 13.7. The van der Waals surface area contributed by atoms with Gasteiger partial charge in [0.2, 0.25) is 10.0 Å². The number of amides is 2. The third kappa shape index (κ3) is 6.29. The number of aliphatic hydroxyl groups excluding tert-OH is 1. The molecule has 2 aromatic carbocycles. The van der Waals surface area contributed by atoms with Gasteiger partial charge >= 0.3 is 0 Å². The van der Waals surface area contributed by atoms with E-state index in [0.717, 1.165) is 5.56 Å². The Kier molecular flexibility index (Phi) is 8.86. The monoisotopic (exact) mass is 583 g/mol. The summed E-state index contributed by atoms with van der Waals surface area (Å²) < 4.78 is 36.0. The van der Waals surface area contributed by atoms with Gasteiger partial charge in [0.25, 0.3) is 11.8 Å². The number of aryl methyl sites for hydroxylation is 3. The van der Waals surface area contributed by atoms with Crippen molar-refractivity contribution in [3.05, 3.63) is 71.0 Å². The lowest BCUT2D eigenvalue weighted by Crippen LogP contribution is -2.50. The van der Waals surface area contributed by atoms with Gasteiger partial charge in [-0.2, -0.15) is 9.40 Å². The number of carbonyl (C=O) groups excluding carboxylic acids is 2. The molecule has 0 saturated heterocycles. The van der Waals surface area contributed by atoms with Crippen molar-refractivity contribution in [1.29, 1.82) is 0 Å². The molecule has 1 aliphatic heterocycles. The largest absolute Gasteiger partial charge is 0.486 e. The first-order valence-corrected chi connectivity index (χ1v) is 14.8. The van der Waals surface area contributed by atoms with Crippen LogP contribution < -0.4 is 10.1 Å². The molecular formula is C29H37N5O6S. The number of aromatic nitrogens is 2. The molecule has 0 spiro atoms. The summed E-state index contributed by atoms with van der Waals surface area (Å²) in [5.41, 5.74) is 2.40. The maximum atomic E-state index is 13.7. The van der Waals surface area contributed by atoms with Crippen LogP contribution in [0.1, 0.15) is 46.0 Å². The fourth-order valence-corrected chi connectivity index (χ4v) is 5.99. The van der Waals surface area contributed by atoms with Gasteiger partial charge in [0.15, 0.2) is 5.75 Å². The first-order chi connectivity index (χ1) is 19.3. The lowest BCUT2D eigenvalue weighted by Gasteiger charge is -2.38. The van der Waals surface area contributed by atoms with Gasteiger partial charge in [-0.1, -0.05) is 30.7 Å². The van der Waals surface area contributed by atoms with Gasteiger partial charge in [-0.3, -0.25) is 14.3 Å². The molecule has 0 radical (unpaired) electrons. The standard InChI is InChI=1S/C29H37N5O6S/c1-18-10-12-22(13-11-18)41(38,39)32(5)16-26-19(2)15-34(21(4)17-35)29(37)23-8-7-9-24(27(23)40-26)30-28(36)25-14-20(3)31-33(25)6/h7-14,19,21,26,35H,15-17H2,1-6H3,(H,30,36)/t19-,21+,26+/m1/s1. The zero-order chi connectivity index (χ0) is 30.1. The van der Waals surface area contributed by atoms with Gasteiger partial charge in [0.05, 0.1) is 41.0 Å². The van der Waals surface area contributed by atoms with Gasteiger partial charge in [-0.15, -0.1) is 0 Å². The summed E-state index contributed by atoms with van der Waals surface area (Å²) in [7, 11) is -0.687. The summed E-state index contributed by atoms with van der Waals surface area (Å²) in [6, 6.07) is 12.6. The molecule has 12 heteroatoms. The van der Waals surface area contributed by atoms with Crippen LogP contribution in [0.2, 0.25) is 0 Å². The van der Waals surface area contributed by atoms with E-state index in [4.69, 9.17) is 4.74 Å². The van der Waals surface area contributed by atoms with Crippen LogP contribution in [-0.2, 0) is 17.1 Å². The number of carbonyl (C=O) groups is 2. The van der Waals surface area contributed by atoms with Crippen molar-refractivity contribution >= 4 is 27.5 Å². The van der Waals surface area contributed by atoms with Crippen molar-refractivity contribution in [3.63, 3.8) is 0 Å². The number of para-hydroxylation sites is 1. The molecule has 1 aliphatic rings. The second kappa shape index (κ2) is 12.0. The number of fused-ring (bicyclic) bond motifs is 1. The number of aliphatic hydroxyl groups is 1. The Bertz CT molecular complexity index is 1540. The van der Waals surface area contributed by atoms with E-state index in [1.54, 1.807) is 74.3 Å². The number of rotatable bonds is 8. The highest BCUT2D eigenvalue weighted by Crippen LogP contribution is 2.35. The van der Waals surface area contributed by atoms with Gasteiger partial charge in [-0.05, 0) is 51.1 Å². The predicted octanol–water partition coefficient (Wildman–Crippen LogP) is 2.83. The zero-order valence-corrected chi connectivity index (χ0v) is 25.0. The maximum Gasteiger partial charge on any atom is 0.274 e. The molecule has 220 valence electrons. The summed E-state index contributed by atoms with van der Waals surface area (Å²) in [5.74, 6) is -0.998. The molecule has 41 heavy (non-hydrogen) atoms. The van der Waals surface area contributed by atoms with E-state index in [-0.39, 0.29) is 53.4 Å². The molecule has 4 rings (SSSR count). The average Bonchev–Trinajstić information content (AvgIpc) is 3.28. The fraction of sp³-hybridized carbons (Fsp3) is 0.414. The highest BCUT2D eigenvalue weighted by atomic mass is 32.2. The zero-order valence-electron chi connectivity index (χ0n) is 24.2. The molecule has 0 bridgehead atoms. The molecule has 3 aromatic rings. The van der Waals surface area contributed by atoms with Crippen molar-refractivity contribution in [2.75, 3.05) is 32.1 Å². The molecule has 2 heterocycles. The first-order valence-electron chi connectivity index (χ1n) is 13.4. The minimum absolute atomic E-state index is 0.0183.